The van der Waals surface area contributed by atoms with E-state index in [1.54, 1.807) is 0 Å². The van der Waals surface area contributed by atoms with E-state index in [0.29, 0.717) is 18.8 Å². The zero-order valence-corrected chi connectivity index (χ0v) is 19.1. The molecule has 0 saturated heterocycles. The average molecular weight is 482 g/mol. The SMILES string of the molecule is Cn1c(O)c(N=Nc2nc3c(c(=O)[nH]c(=O)n3C)n2CCCOc2ccccc2)c(=O)n(C)c1=O. The third-order valence-electron chi connectivity index (χ3n) is 5.37. The first-order valence-electron chi connectivity index (χ1n) is 10.5. The van der Waals surface area contributed by atoms with Gasteiger partial charge in [-0.15, -0.1) is 10.2 Å². The Bertz CT molecular complexity index is 1670. The summed E-state index contributed by atoms with van der Waals surface area (Å²) in [5.74, 6) is -0.0723. The zero-order valence-electron chi connectivity index (χ0n) is 19.1. The molecule has 3 aromatic heterocycles. The fourth-order valence-corrected chi connectivity index (χ4v) is 3.44. The van der Waals surface area contributed by atoms with Gasteiger partial charge in [-0.1, -0.05) is 18.2 Å². The van der Waals surface area contributed by atoms with Crippen LogP contribution in [0.2, 0.25) is 0 Å². The number of aromatic nitrogens is 6. The summed E-state index contributed by atoms with van der Waals surface area (Å²) in [7, 11) is 3.94. The highest BCUT2D eigenvalue weighted by Crippen LogP contribution is 2.24. The van der Waals surface area contributed by atoms with Gasteiger partial charge in [0.15, 0.2) is 11.2 Å². The van der Waals surface area contributed by atoms with Gasteiger partial charge in [0.05, 0.1) is 6.61 Å². The van der Waals surface area contributed by atoms with Gasteiger partial charge in [-0.3, -0.25) is 28.3 Å². The summed E-state index contributed by atoms with van der Waals surface area (Å²) in [6, 6.07) is 9.18. The van der Waals surface area contributed by atoms with Crippen LogP contribution in [0.5, 0.6) is 11.6 Å². The van der Waals surface area contributed by atoms with Crippen LogP contribution in [0.25, 0.3) is 11.2 Å². The molecule has 1 aromatic carbocycles. The van der Waals surface area contributed by atoms with Gasteiger partial charge in [-0.2, -0.15) is 4.98 Å². The number of benzene rings is 1. The van der Waals surface area contributed by atoms with E-state index in [4.69, 9.17) is 4.74 Å². The molecule has 182 valence electrons. The zero-order chi connectivity index (χ0) is 25.3. The predicted molar refractivity (Wildman–Crippen MR) is 125 cm³/mol. The molecule has 0 aliphatic heterocycles. The van der Waals surface area contributed by atoms with Crippen LogP contribution in [0.1, 0.15) is 6.42 Å². The van der Waals surface area contributed by atoms with Crippen molar-refractivity contribution in [3.05, 3.63) is 72.0 Å². The first-order chi connectivity index (χ1) is 16.7. The molecular formula is C21H22N8O6. The molecule has 0 aliphatic carbocycles. The van der Waals surface area contributed by atoms with E-state index in [1.807, 2.05) is 30.3 Å². The second kappa shape index (κ2) is 9.24. The first kappa shape index (κ1) is 23.4. The lowest BCUT2D eigenvalue weighted by Crippen LogP contribution is -2.36. The smallest absolute Gasteiger partial charge is 0.333 e. The maximum absolute atomic E-state index is 12.6. The lowest BCUT2D eigenvalue weighted by Gasteiger charge is -2.08. The number of azo groups is 1. The molecule has 2 N–H and O–H groups in total. The molecule has 0 spiro atoms. The van der Waals surface area contributed by atoms with Crippen molar-refractivity contribution in [3.63, 3.8) is 0 Å². The first-order valence-corrected chi connectivity index (χ1v) is 10.5. The number of hydrogen-bond donors (Lipinski definition) is 2. The van der Waals surface area contributed by atoms with E-state index in [-0.39, 0.29) is 23.7 Å². The van der Waals surface area contributed by atoms with E-state index in [1.165, 1.54) is 25.7 Å². The molecule has 0 fully saturated rings. The number of H-pyrrole nitrogens is 1. The number of imidazole rings is 1. The quantitative estimate of drug-likeness (QED) is 0.284. The van der Waals surface area contributed by atoms with Crippen LogP contribution in [0.3, 0.4) is 0 Å². The van der Waals surface area contributed by atoms with Crippen molar-refractivity contribution in [1.82, 2.24) is 28.2 Å². The number of fused-ring (bicyclic) bond motifs is 1. The minimum absolute atomic E-state index is 0.0641. The molecule has 14 heteroatoms. The van der Waals surface area contributed by atoms with E-state index < -0.39 is 34.1 Å². The highest BCUT2D eigenvalue weighted by molar-refractivity contribution is 5.73. The van der Waals surface area contributed by atoms with Gasteiger partial charge in [0.25, 0.3) is 17.1 Å². The van der Waals surface area contributed by atoms with Gasteiger partial charge < -0.3 is 14.4 Å². The summed E-state index contributed by atoms with van der Waals surface area (Å²) in [5.41, 5.74) is -3.26. The number of nitrogens with one attached hydrogen (secondary N) is 1. The van der Waals surface area contributed by atoms with Gasteiger partial charge in [-0.05, 0) is 18.6 Å². The normalized spacial score (nSPS) is 11.5. The Labute approximate surface area is 196 Å². The van der Waals surface area contributed by atoms with Crippen molar-refractivity contribution in [1.29, 1.82) is 0 Å². The monoisotopic (exact) mass is 482 g/mol. The molecule has 4 rings (SSSR count). The highest BCUT2D eigenvalue weighted by Gasteiger charge is 2.19. The molecule has 0 radical (unpaired) electrons. The van der Waals surface area contributed by atoms with E-state index >= 15 is 0 Å². The van der Waals surface area contributed by atoms with Crippen molar-refractivity contribution < 1.29 is 9.84 Å². The Balaban J connectivity index is 1.75. The molecule has 0 saturated carbocycles. The largest absolute Gasteiger partial charge is 0.494 e. The van der Waals surface area contributed by atoms with Crippen LogP contribution in [-0.4, -0.2) is 39.9 Å². The Kier molecular flexibility index (Phi) is 6.18. The molecular weight excluding hydrogens is 460 g/mol. The standard InChI is InChI=1S/C21H22N8O6/c1-26-15-14(16(30)23-20(26)33)29(10-7-11-35-12-8-5-4-6-9-12)19(22-15)25-24-13-17(31)27(2)21(34)28(3)18(13)32/h4-6,8-9,31H,7,10-11H2,1-3H3,(H,23,30,33). The Morgan fingerprint density at radius 1 is 1.00 bits per heavy atom. The highest BCUT2D eigenvalue weighted by atomic mass is 16.5. The number of aryl methyl sites for hydroxylation is 2. The van der Waals surface area contributed by atoms with Gasteiger partial charge in [0, 0.05) is 27.7 Å². The minimum Gasteiger partial charge on any atom is -0.494 e. The van der Waals surface area contributed by atoms with Gasteiger partial charge in [0.2, 0.25) is 11.6 Å². The van der Waals surface area contributed by atoms with Crippen molar-refractivity contribution in [2.24, 2.45) is 31.4 Å². The fourth-order valence-electron chi connectivity index (χ4n) is 3.44. The van der Waals surface area contributed by atoms with Crippen molar-refractivity contribution in [2.75, 3.05) is 6.61 Å². The van der Waals surface area contributed by atoms with Crippen LogP contribution in [0, 0.1) is 0 Å². The summed E-state index contributed by atoms with van der Waals surface area (Å²) in [5, 5.41) is 18.0. The summed E-state index contributed by atoms with van der Waals surface area (Å²) < 4.78 is 9.89. The molecule has 14 nitrogen and oxygen atoms in total. The molecule has 35 heavy (non-hydrogen) atoms. The molecule has 0 atom stereocenters. The van der Waals surface area contributed by atoms with Crippen LogP contribution >= 0.6 is 0 Å². The summed E-state index contributed by atoms with van der Waals surface area (Å²) in [4.78, 5) is 55.5. The summed E-state index contributed by atoms with van der Waals surface area (Å²) in [6.07, 6.45) is 0.442. The van der Waals surface area contributed by atoms with Crippen molar-refractivity contribution in [3.8, 4) is 11.6 Å². The number of rotatable bonds is 7. The van der Waals surface area contributed by atoms with Crippen molar-refractivity contribution in [2.45, 2.75) is 13.0 Å². The van der Waals surface area contributed by atoms with E-state index in [0.717, 1.165) is 13.7 Å². The fraction of sp³-hybridized carbons (Fsp3) is 0.286. The molecule has 0 aliphatic rings. The third-order valence-corrected chi connectivity index (χ3v) is 5.37. The number of aromatic hydroxyl groups is 1. The van der Waals surface area contributed by atoms with E-state index in [9.17, 15) is 24.3 Å². The van der Waals surface area contributed by atoms with Crippen LogP contribution in [0.15, 0.2) is 59.7 Å². The molecule has 0 bridgehead atoms. The Morgan fingerprint density at radius 3 is 2.43 bits per heavy atom. The summed E-state index contributed by atoms with van der Waals surface area (Å²) in [6.45, 7) is 0.530. The molecule has 0 unspecified atom stereocenters. The van der Waals surface area contributed by atoms with Crippen LogP contribution in [-0.2, 0) is 27.7 Å². The number of ether oxygens (including phenoxy) is 1. The number of aromatic amines is 1. The van der Waals surface area contributed by atoms with Gasteiger partial charge >= 0.3 is 11.4 Å². The lowest BCUT2D eigenvalue weighted by atomic mass is 10.3. The number of para-hydroxylation sites is 1. The lowest BCUT2D eigenvalue weighted by molar-refractivity contribution is 0.303. The van der Waals surface area contributed by atoms with E-state index in [2.05, 4.69) is 20.2 Å². The topological polar surface area (TPSA) is 171 Å². The maximum atomic E-state index is 12.6. The number of hydrogen-bond acceptors (Lipinski definition) is 9. The predicted octanol–water partition coefficient (Wildman–Crippen LogP) is 0.411. The number of nitrogens with zero attached hydrogens (tertiary/aromatic N) is 7. The Hall–Kier alpha value is -4.75. The Morgan fingerprint density at radius 2 is 1.71 bits per heavy atom. The third kappa shape index (κ3) is 4.28. The minimum atomic E-state index is -0.862. The summed E-state index contributed by atoms with van der Waals surface area (Å²) >= 11 is 0. The van der Waals surface area contributed by atoms with Crippen LogP contribution < -0.4 is 27.2 Å². The molecule has 3 heterocycles. The van der Waals surface area contributed by atoms with Crippen molar-refractivity contribution >= 4 is 22.8 Å². The maximum Gasteiger partial charge on any atom is 0.333 e. The van der Waals surface area contributed by atoms with Crippen LogP contribution in [0.4, 0.5) is 11.6 Å². The van der Waals surface area contributed by atoms with Gasteiger partial charge in [0.1, 0.15) is 5.75 Å². The average Bonchev–Trinajstić information content (AvgIpc) is 3.22. The second-order valence-corrected chi connectivity index (χ2v) is 7.65. The molecule has 0 amide bonds. The second-order valence-electron chi connectivity index (χ2n) is 7.65. The molecule has 4 aromatic rings. The van der Waals surface area contributed by atoms with Gasteiger partial charge in [-0.25, -0.2) is 9.59 Å².